The van der Waals surface area contributed by atoms with Crippen LogP contribution in [0, 0.1) is 0 Å². The third kappa shape index (κ3) is 3.52. The first-order valence-electron chi connectivity index (χ1n) is 6.02. The maximum Gasteiger partial charge on any atom is 0.269 e. The molecule has 0 atom stereocenters. The number of rotatable bonds is 5. The van der Waals surface area contributed by atoms with Crippen molar-refractivity contribution in [2.45, 2.75) is 19.8 Å². The zero-order valence-electron chi connectivity index (χ0n) is 10.5. The van der Waals surface area contributed by atoms with E-state index in [0.717, 1.165) is 34.9 Å². The first-order valence-corrected chi connectivity index (χ1v) is 7.33. The molecular weight excluding hydrogens is 282 g/mol. The molecule has 0 radical (unpaired) electrons. The highest BCUT2D eigenvalue weighted by atomic mass is 35.5. The summed E-state index contributed by atoms with van der Waals surface area (Å²) in [6, 6.07) is 7.67. The third-order valence-electron chi connectivity index (χ3n) is 2.69. The van der Waals surface area contributed by atoms with Gasteiger partial charge >= 0.3 is 0 Å². The van der Waals surface area contributed by atoms with Crippen LogP contribution in [0.3, 0.4) is 0 Å². The van der Waals surface area contributed by atoms with Crippen LogP contribution in [0.5, 0.6) is 0 Å². The van der Waals surface area contributed by atoms with Gasteiger partial charge in [0.2, 0.25) is 0 Å². The number of nitrogens with zero attached hydrogens (tertiary/aromatic N) is 2. The summed E-state index contributed by atoms with van der Waals surface area (Å²) in [7, 11) is 0. The minimum atomic E-state index is -0.156. The molecule has 0 fully saturated rings. The first-order chi connectivity index (χ1) is 9.24. The van der Waals surface area contributed by atoms with Crippen LogP contribution >= 0.6 is 23.1 Å². The Bertz CT molecular complexity index is 553. The van der Waals surface area contributed by atoms with E-state index in [4.69, 9.17) is 11.6 Å². The van der Waals surface area contributed by atoms with Crippen LogP contribution in [0.2, 0.25) is 0 Å². The largest absolute Gasteiger partial charge is 0.321 e. The van der Waals surface area contributed by atoms with E-state index in [9.17, 15) is 4.79 Å². The number of aromatic nitrogens is 2. The van der Waals surface area contributed by atoms with Gasteiger partial charge in [0.1, 0.15) is 4.88 Å². The highest BCUT2D eigenvalue weighted by Crippen LogP contribution is 2.16. The minimum Gasteiger partial charge on any atom is -0.321 e. The fraction of sp³-hybridized carbons (Fsp3) is 0.308. The summed E-state index contributed by atoms with van der Waals surface area (Å²) in [6.07, 6.45) is 1.53. The van der Waals surface area contributed by atoms with Gasteiger partial charge in [0.15, 0.2) is 0 Å². The van der Waals surface area contributed by atoms with Gasteiger partial charge in [-0.1, -0.05) is 23.5 Å². The van der Waals surface area contributed by atoms with Crippen LogP contribution in [-0.4, -0.2) is 21.4 Å². The molecule has 0 saturated heterocycles. The molecular formula is C13H14ClN3OS. The van der Waals surface area contributed by atoms with Crippen LogP contribution in [0.4, 0.5) is 5.69 Å². The number of hydrogen-bond acceptors (Lipinski definition) is 4. The zero-order chi connectivity index (χ0) is 13.7. The van der Waals surface area contributed by atoms with Gasteiger partial charge < -0.3 is 5.32 Å². The van der Waals surface area contributed by atoms with Crippen LogP contribution in [0.15, 0.2) is 24.3 Å². The van der Waals surface area contributed by atoms with Crippen molar-refractivity contribution in [1.82, 2.24) is 9.59 Å². The number of carbonyl (C=O) groups excluding carboxylic acids is 1. The third-order valence-corrected chi connectivity index (χ3v) is 3.65. The number of halogens is 1. The number of hydrogen-bond donors (Lipinski definition) is 1. The number of carbonyl (C=O) groups is 1. The van der Waals surface area contributed by atoms with Gasteiger partial charge in [-0.25, -0.2) is 0 Å². The lowest BCUT2D eigenvalue weighted by atomic mass is 10.1. The van der Waals surface area contributed by atoms with E-state index >= 15 is 0 Å². The Labute approximate surface area is 121 Å². The predicted molar refractivity (Wildman–Crippen MR) is 78.1 cm³/mol. The van der Waals surface area contributed by atoms with Gasteiger partial charge in [-0.3, -0.25) is 4.79 Å². The molecule has 100 valence electrons. The quantitative estimate of drug-likeness (QED) is 0.862. The van der Waals surface area contributed by atoms with Crippen LogP contribution in [0.25, 0.3) is 0 Å². The van der Waals surface area contributed by atoms with E-state index in [0.29, 0.717) is 17.2 Å². The molecule has 0 unspecified atom stereocenters. The summed E-state index contributed by atoms with van der Waals surface area (Å²) in [5, 5.41) is 6.78. The molecule has 2 rings (SSSR count). The Balaban J connectivity index is 2.06. The summed E-state index contributed by atoms with van der Waals surface area (Å²) < 4.78 is 3.81. The summed E-state index contributed by atoms with van der Waals surface area (Å²) in [5.41, 5.74) is 2.65. The van der Waals surface area contributed by atoms with Crippen molar-refractivity contribution >= 4 is 34.7 Å². The summed E-state index contributed by atoms with van der Waals surface area (Å²) in [4.78, 5) is 12.6. The average molecular weight is 296 g/mol. The van der Waals surface area contributed by atoms with E-state index in [2.05, 4.69) is 14.9 Å². The minimum absolute atomic E-state index is 0.156. The summed E-state index contributed by atoms with van der Waals surface area (Å²) >= 11 is 6.80. The molecule has 0 bridgehead atoms. The van der Waals surface area contributed by atoms with E-state index in [1.807, 2.05) is 31.2 Å². The summed E-state index contributed by atoms with van der Waals surface area (Å²) in [6.45, 7) is 1.95. The van der Waals surface area contributed by atoms with Crippen molar-refractivity contribution in [3.05, 3.63) is 40.4 Å². The second-order valence-electron chi connectivity index (χ2n) is 3.99. The fourth-order valence-electron chi connectivity index (χ4n) is 1.66. The molecule has 2 aromatic rings. The number of aryl methyl sites for hydroxylation is 2. The van der Waals surface area contributed by atoms with Crippen molar-refractivity contribution in [1.29, 1.82) is 0 Å². The molecule has 1 amide bonds. The molecule has 19 heavy (non-hydrogen) atoms. The van der Waals surface area contributed by atoms with Gasteiger partial charge in [0.05, 0.1) is 5.69 Å². The topological polar surface area (TPSA) is 54.9 Å². The monoisotopic (exact) mass is 295 g/mol. The second kappa shape index (κ2) is 6.63. The number of amides is 1. The fourth-order valence-corrected chi connectivity index (χ4v) is 2.53. The van der Waals surface area contributed by atoms with E-state index in [1.54, 1.807) is 0 Å². The Hall–Kier alpha value is -1.46. The van der Waals surface area contributed by atoms with E-state index < -0.39 is 0 Å². The van der Waals surface area contributed by atoms with Crippen molar-refractivity contribution in [3.63, 3.8) is 0 Å². The number of nitrogens with one attached hydrogen (secondary N) is 1. The van der Waals surface area contributed by atoms with Crippen molar-refractivity contribution in [2.75, 3.05) is 11.2 Å². The maximum absolute atomic E-state index is 12.1. The van der Waals surface area contributed by atoms with Gasteiger partial charge in [-0.05, 0) is 42.1 Å². The Morgan fingerprint density at radius 2 is 2.11 bits per heavy atom. The molecule has 1 N–H and O–H groups in total. The van der Waals surface area contributed by atoms with Crippen LogP contribution < -0.4 is 5.32 Å². The molecule has 1 aromatic carbocycles. The molecule has 0 aliphatic heterocycles. The average Bonchev–Trinajstić information content (AvgIpc) is 2.90. The summed E-state index contributed by atoms with van der Waals surface area (Å²) in [5.74, 6) is 0.440. The van der Waals surface area contributed by atoms with Crippen molar-refractivity contribution < 1.29 is 4.79 Å². The Kier molecular flexibility index (Phi) is 4.87. The van der Waals surface area contributed by atoms with Gasteiger partial charge in [0.25, 0.3) is 5.91 Å². The van der Waals surface area contributed by atoms with Crippen LogP contribution in [-0.2, 0) is 12.8 Å². The molecule has 0 saturated carbocycles. The Morgan fingerprint density at radius 1 is 1.37 bits per heavy atom. The molecule has 0 aliphatic rings. The lowest BCUT2D eigenvalue weighted by molar-refractivity contribution is 0.102. The highest BCUT2D eigenvalue weighted by molar-refractivity contribution is 7.08. The zero-order valence-corrected chi connectivity index (χ0v) is 12.1. The maximum atomic E-state index is 12.1. The molecule has 0 spiro atoms. The lowest BCUT2D eigenvalue weighted by Gasteiger charge is -2.05. The standard InChI is InChI=1S/C13H14ClN3OS/c1-2-11-12(19-17-16-11)13(18)15-10-5-3-9(4-6-10)7-8-14/h3-6H,2,7-8H2,1H3,(H,15,18). The molecule has 6 heteroatoms. The number of anilines is 1. The van der Waals surface area contributed by atoms with E-state index in [-0.39, 0.29) is 5.91 Å². The lowest BCUT2D eigenvalue weighted by Crippen LogP contribution is -2.12. The SMILES string of the molecule is CCc1nnsc1C(=O)Nc1ccc(CCCl)cc1. The number of alkyl halides is 1. The van der Waals surface area contributed by atoms with Crippen LogP contribution in [0.1, 0.15) is 27.9 Å². The molecule has 1 aromatic heterocycles. The van der Waals surface area contributed by atoms with Gasteiger partial charge in [-0.15, -0.1) is 16.7 Å². The molecule has 0 aliphatic carbocycles. The smallest absolute Gasteiger partial charge is 0.269 e. The molecule has 4 nitrogen and oxygen atoms in total. The van der Waals surface area contributed by atoms with Crippen molar-refractivity contribution in [3.8, 4) is 0 Å². The van der Waals surface area contributed by atoms with Gasteiger partial charge in [0, 0.05) is 11.6 Å². The van der Waals surface area contributed by atoms with Crippen molar-refractivity contribution in [2.24, 2.45) is 0 Å². The van der Waals surface area contributed by atoms with E-state index in [1.165, 1.54) is 0 Å². The normalized spacial score (nSPS) is 10.4. The Morgan fingerprint density at radius 3 is 2.74 bits per heavy atom. The predicted octanol–water partition coefficient (Wildman–Crippen LogP) is 3.13. The van der Waals surface area contributed by atoms with Gasteiger partial charge in [-0.2, -0.15) is 0 Å². The second-order valence-corrected chi connectivity index (χ2v) is 5.12. The number of benzene rings is 1. The highest BCUT2D eigenvalue weighted by Gasteiger charge is 2.14. The molecule has 1 heterocycles. The first kappa shape index (κ1) is 14.0.